The fourth-order valence-electron chi connectivity index (χ4n) is 2.64. The van der Waals surface area contributed by atoms with E-state index in [9.17, 15) is 4.79 Å². The average Bonchev–Trinajstić information content (AvgIpc) is 2.73. The first-order chi connectivity index (χ1) is 13.6. The number of nitrogens with zero attached hydrogens (tertiary/aromatic N) is 1. The standard InChI is InChI=1S/C22H23N3O3/c1-15-4-6-16(7-5-15)13-23-17-8-10-19(24-14-17)22(26)25-20-12-18(27-2)9-11-21(20)28-3/h4-12,14,23H,13H2,1-3H3,(H,25,26). The summed E-state index contributed by atoms with van der Waals surface area (Å²) >= 11 is 0. The van der Waals surface area contributed by atoms with E-state index in [-0.39, 0.29) is 5.91 Å². The second kappa shape index (κ2) is 8.90. The van der Waals surface area contributed by atoms with Crippen molar-refractivity contribution in [3.05, 3.63) is 77.6 Å². The molecule has 0 atom stereocenters. The third-order valence-electron chi connectivity index (χ3n) is 4.27. The molecule has 144 valence electrons. The van der Waals surface area contributed by atoms with Gasteiger partial charge in [-0.3, -0.25) is 4.79 Å². The van der Waals surface area contributed by atoms with Gasteiger partial charge >= 0.3 is 0 Å². The number of nitrogens with one attached hydrogen (secondary N) is 2. The molecule has 28 heavy (non-hydrogen) atoms. The molecule has 6 nitrogen and oxygen atoms in total. The second-order valence-electron chi connectivity index (χ2n) is 6.29. The van der Waals surface area contributed by atoms with Gasteiger partial charge in [-0.2, -0.15) is 0 Å². The molecule has 0 saturated carbocycles. The van der Waals surface area contributed by atoms with E-state index >= 15 is 0 Å². The summed E-state index contributed by atoms with van der Waals surface area (Å²) < 4.78 is 10.5. The van der Waals surface area contributed by atoms with Crippen LogP contribution in [0.4, 0.5) is 11.4 Å². The average molecular weight is 377 g/mol. The van der Waals surface area contributed by atoms with Crippen LogP contribution in [-0.4, -0.2) is 25.1 Å². The highest BCUT2D eigenvalue weighted by molar-refractivity contribution is 6.03. The van der Waals surface area contributed by atoms with Crippen molar-refractivity contribution in [1.82, 2.24) is 4.98 Å². The topological polar surface area (TPSA) is 72.5 Å². The maximum atomic E-state index is 12.5. The molecule has 0 aliphatic rings. The summed E-state index contributed by atoms with van der Waals surface area (Å²) in [5, 5.41) is 6.11. The van der Waals surface area contributed by atoms with Crippen LogP contribution in [0.25, 0.3) is 0 Å². The molecule has 0 saturated heterocycles. The SMILES string of the molecule is COc1ccc(OC)c(NC(=O)c2ccc(NCc3ccc(C)cc3)cn2)c1. The van der Waals surface area contributed by atoms with E-state index in [1.165, 1.54) is 11.1 Å². The molecule has 2 N–H and O–H groups in total. The van der Waals surface area contributed by atoms with Gasteiger partial charge in [0.05, 0.1) is 31.8 Å². The number of methoxy groups -OCH3 is 2. The first kappa shape index (κ1) is 19.2. The molecular formula is C22H23N3O3. The minimum atomic E-state index is -0.323. The Bertz CT molecular complexity index is 938. The molecule has 0 aliphatic heterocycles. The third-order valence-corrected chi connectivity index (χ3v) is 4.27. The van der Waals surface area contributed by atoms with Gasteiger partial charge in [-0.15, -0.1) is 0 Å². The summed E-state index contributed by atoms with van der Waals surface area (Å²) in [6, 6.07) is 17.0. The van der Waals surface area contributed by atoms with Crippen molar-refractivity contribution in [2.24, 2.45) is 0 Å². The number of carbonyl (C=O) groups excluding carboxylic acids is 1. The number of amides is 1. The van der Waals surface area contributed by atoms with Crippen LogP contribution in [0.3, 0.4) is 0 Å². The molecule has 0 unspecified atom stereocenters. The Labute approximate surface area is 164 Å². The highest BCUT2D eigenvalue weighted by Gasteiger charge is 2.12. The highest BCUT2D eigenvalue weighted by Crippen LogP contribution is 2.29. The molecule has 0 bridgehead atoms. The molecule has 0 fully saturated rings. The van der Waals surface area contributed by atoms with Crippen molar-refractivity contribution in [3.63, 3.8) is 0 Å². The molecule has 1 amide bonds. The van der Waals surface area contributed by atoms with Gasteiger partial charge in [0.15, 0.2) is 0 Å². The van der Waals surface area contributed by atoms with Crippen LogP contribution in [-0.2, 0) is 6.54 Å². The number of aromatic nitrogens is 1. The van der Waals surface area contributed by atoms with Crippen molar-refractivity contribution < 1.29 is 14.3 Å². The predicted molar refractivity (Wildman–Crippen MR) is 110 cm³/mol. The lowest BCUT2D eigenvalue weighted by atomic mass is 10.1. The van der Waals surface area contributed by atoms with Crippen molar-refractivity contribution in [2.45, 2.75) is 13.5 Å². The number of pyridine rings is 1. The largest absolute Gasteiger partial charge is 0.497 e. The number of aryl methyl sites for hydroxylation is 1. The van der Waals surface area contributed by atoms with E-state index in [2.05, 4.69) is 46.8 Å². The Morgan fingerprint density at radius 3 is 2.43 bits per heavy atom. The molecule has 1 aromatic heterocycles. The molecule has 3 rings (SSSR count). The maximum Gasteiger partial charge on any atom is 0.274 e. The van der Waals surface area contributed by atoms with Gasteiger partial charge in [-0.05, 0) is 36.8 Å². The quantitative estimate of drug-likeness (QED) is 0.643. The van der Waals surface area contributed by atoms with Crippen LogP contribution >= 0.6 is 0 Å². The van der Waals surface area contributed by atoms with E-state index in [4.69, 9.17) is 9.47 Å². The number of ether oxygens (including phenoxy) is 2. The summed E-state index contributed by atoms with van der Waals surface area (Å²) in [6.07, 6.45) is 1.64. The van der Waals surface area contributed by atoms with Gasteiger partial charge in [0.2, 0.25) is 0 Å². The van der Waals surface area contributed by atoms with Crippen LogP contribution in [0, 0.1) is 6.92 Å². The van der Waals surface area contributed by atoms with Crippen LogP contribution in [0.1, 0.15) is 21.6 Å². The molecule has 0 aliphatic carbocycles. The number of rotatable bonds is 7. The lowest BCUT2D eigenvalue weighted by Crippen LogP contribution is -2.14. The third kappa shape index (κ3) is 4.79. The number of hydrogen-bond donors (Lipinski definition) is 2. The lowest BCUT2D eigenvalue weighted by Gasteiger charge is -2.12. The Hall–Kier alpha value is -3.54. The van der Waals surface area contributed by atoms with E-state index < -0.39 is 0 Å². The van der Waals surface area contributed by atoms with E-state index in [0.717, 1.165) is 5.69 Å². The van der Waals surface area contributed by atoms with Crippen molar-refractivity contribution in [1.29, 1.82) is 0 Å². The van der Waals surface area contributed by atoms with Crippen molar-refractivity contribution in [3.8, 4) is 11.5 Å². The zero-order chi connectivity index (χ0) is 19.9. The molecule has 2 aromatic carbocycles. The van der Waals surface area contributed by atoms with Crippen LogP contribution in [0.5, 0.6) is 11.5 Å². The summed E-state index contributed by atoms with van der Waals surface area (Å²) in [5.41, 5.74) is 4.09. The van der Waals surface area contributed by atoms with Crippen molar-refractivity contribution >= 4 is 17.3 Å². The second-order valence-corrected chi connectivity index (χ2v) is 6.29. The van der Waals surface area contributed by atoms with Gasteiger partial charge in [0.25, 0.3) is 5.91 Å². The lowest BCUT2D eigenvalue weighted by molar-refractivity contribution is 0.102. The smallest absolute Gasteiger partial charge is 0.274 e. The number of anilines is 2. The fraction of sp³-hybridized carbons (Fsp3) is 0.182. The van der Waals surface area contributed by atoms with E-state index in [1.54, 1.807) is 44.7 Å². The molecular weight excluding hydrogens is 354 g/mol. The normalized spacial score (nSPS) is 10.2. The molecule has 6 heteroatoms. The van der Waals surface area contributed by atoms with Gasteiger partial charge in [0.1, 0.15) is 17.2 Å². The molecule has 3 aromatic rings. The Balaban J connectivity index is 1.64. The summed E-state index contributed by atoms with van der Waals surface area (Å²) in [5.74, 6) is 0.849. The van der Waals surface area contributed by atoms with Crippen molar-refractivity contribution in [2.75, 3.05) is 24.9 Å². The number of hydrogen-bond acceptors (Lipinski definition) is 5. The molecule has 0 radical (unpaired) electrons. The number of benzene rings is 2. The minimum absolute atomic E-state index is 0.311. The van der Waals surface area contributed by atoms with Gasteiger partial charge in [0, 0.05) is 12.6 Å². The van der Waals surface area contributed by atoms with E-state index in [1.807, 2.05) is 6.07 Å². The van der Waals surface area contributed by atoms with Gasteiger partial charge in [-0.1, -0.05) is 29.8 Å². The monoisotopic (exact) mass is 377 g/mol. The van der Waals surface area contributed by atoms with E-state index in [0.29, 0.717) is 29.4 Å². The molecule has 0 spiro atoms. The first-order valence-electron chi connectivity index (χ1n) is 8.88. The zero-order valence-corrected chi connectivity index (χ0v) is 16.2. The fourth-order valence-corrected chi connectivity index (χ4v) is 2.64. The Morgan fingerprint density at radius 2 is 1.79 bits per heavy atom. The summed E-state index contributed by atoms with van der Waals surface area (Å²) in [6.45, 7) is 2.75. The van der Waals surface area contributed by atoms with Crippen LogP contribution in [0.15, 0.2) is 60.8 Å². The Kier molecular flexibility index (Phi) is 6.11. The van der Waals surface area contributed by atoms with Crippen LogP contribution < -0.4 is 20.1 Å². The molecule has 1 heterocycles. The highest BCUT2D eigenvalue weighted by atomic mass is 16.5. The van der Waals surface area contributed by atoms with Gasteiger partial charge < -0.3 is 20.1 Å². The Morgan fingerprint density at radius 1 is 1.00 bits per heavy atom. The van der Waals surface area contributed by atoms with Gasteiger partial charge in [-0.25, -0.2) is 4.98 Å². The zero-order valence-electron chi connectivity index (χ0n) is 16.2. The maximum absolute atomic E-state index is 12.5. The predicted octanol–water partition coefficient (Wildman–Crippen LogP) is 4.27. The minimum Gasteiger partial charge on any atom is -0.497 e. The van der Waals surface area contributed by atoms with Crippen LogP contribution in [0.2, 0.25) is 0 Å². The summed E-state index contributed by atoms with van der Waals surface area (Å²) in [7, 11) is 3.11. The first-order valence-corrected chi connectivity index (χ1v) is 8.88. The summed E-state index contributed by atoms with van der Waals surface area (Å²) in [4.78, 5) is 16.8. The number of carbonyl (C=O) groups is 1.